The maximum Gasteiger partial charge on any atom is 0.264 e. The molecule has 1 amide bonds. The number of rotatable bonds is 6. The maximum atomic E-state index is 13.7. The van der Waals surface area contributed by atoms with Crippen molar-refractivity contribution in [2.75, 3.05) is 11.4 Å². The van der Waals surface area contributed by atoms with E-state index in [1.54, 1.807) is 29.6 Å². The topological polar surface area (TPSA) is 66.5 Å². The molecule has 28 heavy (non-hydrogen) atoms. The van der Waals surface area contributed by atoms with Gasteiger partial charge in [0.15, 0.2) is 0 Å². The third kappa shape index (κ3) is 4.19. The largest absolute Gasteiger partial charge is 0.347 e. The smallest absolute Gasteiger partial charge is 0.264 e. The van der Waals surface area contributed by atoms with E-state index in [1.165, 1.54) is 37.4 Å². The lowest BCUT2D eigenvalue weighted by Crippen LogP contribution is -2.29. The summed E-state index contributed by atoms with van der Waals surface area (Å²) in [6.07, 6.45) is 0. The lowest BCUT2D eigenvalue weighted by molar-refractivity contribution is 0.0955. The van der Waals surface area contributed by atoms with Gasteiger partial charge in [0.05, 0.1) is 10.6 Å². The van der Waals surface area contributed by atoms with Gasteiger partial charge in [-0.1, -0.05) is 29.8 Å². The SMILES string of the molecule is CN(c1ccsc1C(=O)NCc1ccccc1F)S(=O)(=O)c1ccc(Cl)cc1. The number of benzene rings is 2. The summed E-state index contributed by atoms with van der Waals surface area (Å²) in [5.41, 5.74) is 0.585. The Balaban J connectivity index is 1.81. The van der Waals surface area contributed by atoms with Gasteiger partial charge in [0.25, 0.3) is 15.9 Å². The number of hydrogen-bond donors (Lipinski definition) is 1. The Morgan fingerprint density at radius 1 is 1.14 bits per heavy atom. The van der Waals surface area contributed by atoms with Crippen LogP contribution in [0.1, 0.15) is 15.2 Å². The molecule has 0 aliphatic heterocycles. The molecule has 3 rings (SSSR count). The Labute approximate surface area is 171 Å². The number of sulfonamides is 1. The first-order chi connectivity index (χ1) is 13.3. The summed E-state index contributed by atoms with van der Waals surface area (Å²) in [6.45, 7) is -0.00348. The highest BCUT2D eigenvalue weighted by atomic mass is 35.5. The van der Waals surface area contributed by atoms with Gasteiger partial charge in [-0.3, -0.25) is 9.10 Å². The van der Waals surface area contributed by atoms with Crippen molar-refractivity contribution < 1.29 is 17.6 Å². The van der Waals surface area contributed by atoms with Crippen LogP contribution in [-0.4, -0.2) is 21.4 Å². The van der Waals surface area contributed by atoms with Gasteiger partial charge in [-0.05, 0) is 41.8 Å². The molecular weight excluding hydrogens is 423 g/mol. The van der Waals surface area contributed by atoms with Gasteiger partial charge in [0.2, 0.25) is 0 Å². The average molecular weight is 439 g/mol. The van der Waals surface area contributed by atoms with E-state index in [0.29, 0.717) is 10.6 Å². The summed E-state index contributed by atoms with van der Waals surface area (Å²) in [5, 5.41) is 4.68. The number of nitrogens with one attached hydrogen (secondary N) is 1. The minimum absolute atomic E-state index is 0.00348. The van der Waals surface area contributed by atoms with Gasteiger partial charge >= 0.3 is 0 Å². The molecule has 0 saturated heterocycles. The highest BCUT2D eigenvalue weighted by Gasteiger charge is 2.26. The van der Waals surface area contributed by atoms with Crippen LogP contribution in [0.15, 0.2) is 64.9 Å². The van der Waals surface area contributed by atoms with Crippen LogP contribution in [0.5, 0.6) is 0 Å². The lowest BCUT2D eigenvalue weighted by Gasteiger charge is -2.20. The summed E-state index contributed by atoms with van der Waals surface area (Å²) in [5.74, 6) is -0.900. The van der Waals surface area contributed by atoms with E-state index in [9.17, 15) is 17.6 Å². The van der Waals surface area contributed by atoms with E-state index in [2.05, 4.69) is 5.32 Å². The molecule has 0 unspecified atom stereocenters. The summed E-state index contributed by atoms with van der Waals surface area (Å²) in [7, 11) is -2.49. The number of amides is 1. The number of thiophene rings is 1. The molecule has 0 bridgehead atoms. The second-order valence-corrected chi connectivity index (χ2v) is 9.16. The van der Waals surface area contributed by atoms with Gasteiger partial charge in [-0.2, -0.15) is 0 Å². The van der Waals surface area contributed by atoms with Crippen LogP contribution in [0, 0.1) is 5.82 Å². The molecule has 1 N–H and O–H groups in total. The molecule has 1 heterocycles. The molecule has 0 atom stereocenters. The molecule has 1 aromatic heterocycles. The molecule has 3 aromatic rings. The third-order valence-corrected chi connectivity index (χ3v) is 7.00. The van der Waals surface area contributed by atoms with Gasteiger partial charge in [0, 0.05) is 24.2 Å². The summed E-state index contributed by atoms with van der Waals surface area (Å²) >= 11 is 6.92. The lowest BCUT2D eigenvalue weighted by atomic mass is 10.2. The van der Waals surface area contributed by atoms with Gasteiger partial charge < -0.3 is 5.32 Å². The molecule has 0 fully saturated rings. The number of anilines is 1. The fraction of sp³-hybridized carbons (Fsp3) is 0.105. The van der Waals surface area contributed by atoms with Crippen LogP contribution < -0.4 is 9.62 Å². The minimum atomic E-state index is -3.87. The predicted octanol–water partition coefficient (Wildman–Crippen LogP) is 4.30. The Hall–Kier alpha value is -2.42. The fourth-order valence-electron chi connectivity index (χ4n) is 2.51. The number of nitrogens with zero attached hydrogens (tertiary/aromatic N) is 1. The standard InChI is InChI=1S/C19H16ClFN2O3S2/c1-23(28(25,26)15-8-6-14(20)7-9-15)17-10-11-27-18(17)19(24)22-12-13-4-2-3-5-16(13)21/h2-11H,12H2,1H3,(H,22,24). The first kappa shape index (κ1) is 20.3. The zero-order valence-corrected chi connectivity index (χ0v) is 17.1. The molecule has 0 saturated carbocycles. The number of carbonyl (C=O) groups is 1. The average Bonchev–Trinajstić information content (AvgIpc) is 3.16. The Kier molecular flexibility index (Phi) is 6.02. The van der Waals surface area contributed by atoms with Crippen LogP contribution in [0.2, 0.25) is 5.02 Å². The number of halogens is 2. The molecule has 146 valence electrons. The van der Waals surface area contributed by atoms with Gasteiger partial charge in [-0.15, -0.1) is 11.3 Å². The van der Waals surface area contributed by atoms with E-state index in [4.69, 9.17) is 11.6 Å². The van der Waals surface area contributed by atoms with Crippen LogP contribution in [-0.2, 0) is 16.6 Å². The van der Waals surface area contributed by atoms with E-state index in [-0.39, 0.29) is 22.0 Å². The van der Waals surface area contributed by atoms with Crippen molar-refractivity contribution in [2.24, 2.45) is 0 Å². The van der Waals surface area contributed by atoms with Crippen LogP contribution in [0.3, 0.4) is 0 Å². The predicted molar refractivity (Wildman–Crippen MR) is 109 cm³/mol. The minimum Gasteiger partial charge on any atom is -0.347 e. The van der Waals surface area contributed by atoms with E-state index < -0.39 is 21.7 Å². The highest BCUT2D eigenvalue weighted by molar-refractivity contribution is 7.92. The van der Waals surface area contributed by atoms with E-state index >= 15 is 0 Å². The second kappa shape index (κ2) is 8.30. The van der Waals surface area contributed by atoms with Gasteiger partial charge in [0.1, 0.15) is 10.7 Å². The first-order valence-electron chi connectivity index (χ1n) is 8.14. The fourth-order valence-corrected chi connectivity index (χ4v) is 4.74. The molecule has 0 aliphatic rings. The molecule has 2 aromatic carbocycles. The van der Waals surface area contributed by atoms with Crippen molar-refractivity contribution >= 4 is 44.6 Å². The Bertz CT molecular complexity index is 1100. The summed E-state index contributed by atoms with van der Waals surface area (Å²) in [6, 6.07) is 13.4. The van der Waals surface area contributed by atoms with Crippen molar-refractivity contribution in [1.29, 1.82) is 0 Å². The molecule has 0 radical (unpaired) electrons. The molecule has 0 spiro atoms. The Morgan fingerprint density at radius 3 is 2.50 bits per heavy atom. The monoisotopic (exact) mass is 438 g/mol. The van der Waals surface area contributed by atoms with E-state index in [0.717, 1.165) is 15.6 Å². The van der Waals surface area contributed by atoms with Crippen molar-refractivity contribution in [3.05, 3.63) is 81.3 Å². The van der Waals surface area contributed by atoms with Crippen molar-refractivity contribution in [3.8, 4) is 0 Å². The van der Waals surface area contributed by atoms with Crippen molar-refractivity contribution in [2.45, 2.75) is 11.4 Å². The van der Waals surface area contributed by atoms with Gasteiger partial charge in [-0.25, -0.2) is 12.8 Å². The van der Waals surface area contributed by atoms with Crippen LogP contribution in [0.25, 0.3) is 0 Å². The number of hydrogen-bond acceptors (Lipinski definition) is 4. The van der Waals surface area contributed by atoms with Crippen molar-refractivity contribution in [3.63, 3.8) is 0 Å². The molecule has 0 aliphatic carbocycles. The molecule has 9 heteroatoms. The highest BCUT2D eigenvalue weighted by Crippen LogP contribution is 2.30. The maximum absolute atomic E-state index is 13.7. The zero-order chi connectivity index (χ0) is 20.3. The first-order valence-corrected chi connectivity index (χ1v) is 10.8. The van der Waals surface area contributed by atoms with Crippen molar-refractivity contribution in [1.82, 2.24) is 5.32 Å². The normalized spacial score (nSPS) is 11.2. The molecular formula is C19H16ClFN2O3S2. The summed E-state index contributed by atoms with van der Waals surface area (Å²) in [4.78, 5) is 12.8. The third-order valence-electron chi connectivity index (χ3n) is 4.06. The van der Waals surface area contributed by atoms with Crippen LogP contribution in [0.4, 0.5) is 10.1 Å². The van der Waals surface area contributed by atoms with E-state index in [1.807, 2.05) is 0 Å². The molecule has 5 nitrogen and oxygen atoms in total. The Morgan fingerprint density at radius 2 is 1.82 bits per heavy atom. The number of carbonyl (C=O) groups excluding carboxylic acids is 1. The zero-order valence-electron chi connectivity index (χ0n) is 14.7. The quantitative estimate of drug-likeness (QED) is 0.624. The summed E-state index contributed by atoms with van der Waals surface area (Å²) < 4.78 is 40.5. The van der Waals surface area contributed by atoms with Crippen LogP contribution >= 0.6 is 22.9 Å². The second-order valence-electron chi connectivity index (χ2n) is 5.84.